The summed E-state index contributed by atoms with van der Waals surface area (Å²) in [4.78, 5) is 4.34. The molecule has 4 heteroatoms. The van der Waals surface area contributed by atoms with Crippen molar-refractivity contribution in [2.24, 2.45) is 5.92 Å². The van der Waals surface area contributed by atoms with Crippen LogP contribution in [0.3, 0.4) is 0 Å². The first-order valence-corrected chi connectivity index (χ1v) is 5.89. The van der Waals surface area contributed by atoms with Gasteiger partial charge in [0.1, 0.15) is 0 Å². The lowest BCUT2D eigenvalue weighted by Gasteiger charge is -2.01. The van der Waals surface area contributed by atoms with Crippen LogP contribution < -0.4 is 5.32 Å². The number of aromatic nitrogens is 1. The standard InChI is InChI=1S/C10H16N2OS/c1-13-4-2-11-7-8-6-9(8)10-12-3-5-14-10/h3,5,8-9,11H,2,4,6-7H2,1H3. The highest BCUT2D eigenvalue weighted by Gasteiger charge is 2.39. The van der Waals surface area contributed by atoms with Crippen molar-refractivity contribution in [3.05, 3.63) is 16.6 Å². The molecule has 1 fully saturated rings. The summed E-state index contributed by atoms with van der Waals surface area (Å²) in [6.07, 6.45) is 3.20. The molecule has 1 N–H and O–H groups in total. The van der Waals surface area contributed by atoms with Crippen LogP contribution >= 0.6 is 11.3 Å². The Bertz CT molecular complexity index is 263. The maximum Gasteiger partial charge on any atom is 0.0959 e. The summed E-state index contributed by atoms with van der Waals surface area (Å²) in [5, 5.41) is 6.76. The molecule has 2 rings (SSSR count). The maximum absolute atomic E-state index is 4.97. The van der Waals surface area contributed by atoms with Crippen molar-refractivity contribution in [2.75, 3.05) is 26.8 Å². The fourth-order valence-electron chi connectivity index (χ4n) is 1.65. The number of hydrogen-bond acceptors (Lipinski definition) is 4. The molecule has 1 aliphatic carbocycles. The van der Waals surface area contributed by atoms with Crippen LogP contribution in [-0.2, 0) is 4.74 Å². The lowest BCUT2D eigenvalue weighted by atomic mass is 10.3. The van der Waals surface area contributed by atoms with Gasteiger partial charge >= 0.3 is 0 Å². The third-order valence-electron chi connectivity index (χ3n) is 2.58. The zero-order valence-electron chi connectivity index (χ0n) is 8.40. The molecule has 0 spiro atoms. The molecule has 1 saturated carbocycles. The highest BCUT2D eigenvalue weighted by Crippen LogP contribution is 2.47. The third-order valence-corrected chi connectivity index (χ3v) is 3.49. The van der Waals surface area contributed by atoms with E-state index in [9.17, 15) is 0 Å². The minimum absolute atomic E-state index is 0.727. The Kier molecular flexibility index (Phi) is 3.50. The molecule has 78 valence electrons. The van der Waals surface area contributed by atoms with Gasteiger partial charge in [-0.15, -0.1) is 11.3 Å². The normalized spacial score (nSPS) is 25.2. The number of ether oxygens (including phenoxy) is 1. The van der Waals surface area contributed by atoms with Crippen LogP contribution in [0, 0.1) is 5.92 Å². The van der Waals surface area contributed by atoms with Gasteiger partial charge in [-0.2, -0.15) is 0 Å². The van der Waals surface area contributed by atoms with E-state index in [-0.39, 0.29) is 0 Å². The molecule has 0 bridgehead atoms. The van der Waals surface area contributed by atoms with E-state index in [4.69, 9.17) is 4.74 Å². The molecule has 1 aromatic heterocycles. The predicted octanol–water partition coefficient (Wildman–Crippen LogP) is 1.48. The van der Waals surface area contributed by atoms with Gasteiger partial charge in [-0.25, -0.2) is 4.98 Å². The van der Waals surface area contributed by atoms with Crippen LogP contribution in [0.25, 0.3) is 0 Å². The van der Waals surface area contributed by atoms with Crippen LogP contribution in [0.5, 0.6) is 0 Å². The van der Waals surface area contributed by atoms with Crippen LogP contribution in [0.2, 0.25) is 0 Å². The SMILES string of the molecule is COCCNCC1CC1c1nccs1. The highest BCUT2D eigenvalue weighted by molar-refractivity contribution is 7.09. The molecule has 0 aromatic carbocycles. The van der Waals surface area contributed by atoms with Gasteiger partial charge in [0.25, 0.3) is 0 Å². The molecule has 0 radical (unpaired) electrons. The lowest BCUT2D eigenvalue weighted by Crippen LogP contribution is -2.21. The molecule has 2 unspecified atom stereocenters. The maximum atomic E-state index is 4.97. The van der Waals surface area contributed by atoms with E-state index in [1.54, 1.807) is 18.4 Å². The molecule has 3 nitrogen and oxygen atoms in total. The van der Waals surface area contributed by atoms with Gasteiger partial charge in [0, 0.05) is 31.1 Å². The molecule has 0 saturated heterocycles. The largest absolute Gasteiger partial charge is 0.383 e. The molecule has 1 aliphatic rings. The van der Waals surface area contributed by atoms with E-state index < -0.39 is 0 Å². The summed E-state index contributed by atoms with van der Waals surface area (Å²) >= 11 is 1.78. The van der Waals surface area contributed by atoms with Crippen LogP contribution in [0.15, 0.2) is 11.6 Å². The summed E-state index contributed by atoms with van der Waals surface area (Å²) in [5.41, 5.74) is 0. The van der Waals surface area contributed by atoms with E-state index >= 15 is 0 Å². The average Bonchev–Trinajstić information content (AvgIpc) is 2.77. The van der Waals surface area contributed by atoms with Gasteiger partial charge in [-0.3, -0.25) is 0 Å². The topological polar surface area (TPSA) is 34.1 Å². The minimum atomic E-state index is 0.727. The van der Waals surface area contributed by atoms with Crippen LogP contribution in [0.1, 0.15) is 17.3 Å². The fraction of sp³-hybridized carbons (Fsp3) is 0.700. The van der Waals surface area contributed by atoms with Crippen molar-refractivity contribution in [2.45, 2.75) is 12.3 Å². The summed E-state index contributed by atoms with van der Waals surface area (Å²) in [5.74, 6) is 1.53. The molecular formula is C10H16N2OS. The zero-order valence-corrected chi connectivity index (χ0v) is 9.22. The molecule has 0 aliphatic heterocycles. The van der Waals surface area contributed by atoms with Crippen molar-refractivity contribution in [3.63, 3.8) is 0 Å². The highest BCUT2D eigenvalue weighted by atomic mass is 32.1. The zero-order chi connectivity index (χ0) is 9.80. The van der Waals surface area contributed by atoms with Crippen molar-refractivity contribution in [1.82, 2.24) is 10.3 Å². The van der Waals surface area contributed by atoms with Crippen LogP contribution in [-0.4, -0.2) is 31.8 Å². The summed E-state index contributed by atoms with van der Waals surface area (Å²) in [7, 11) is 1.73. The van der Waals surface area contributed by atoms with Gasteiger partial charge in [-0.05, 0) is 18.9 Å². The second kappa shape index (κ2) is 4.87. The van der Waals surface area contributed by atoms with Crippen LogP contribution in [0.4, 0.5) is 0 Å². The smallest absolute Gasteiger partial charge is 0.0959 e. The monoisotopic (exact) mass is 212 g/mol. The van der Waals surface area contributed by atoms with E-state index in [1.807, 2.05) is 6.20 Å². The summed E-state index contributed by atoms with van der Waals surface area (Å²) in [6.45, 7) is 2.86. The Morgan fingerprint density at radius 1 is 1.71 bits per heavy atom. The Morgan fingerprint density at radius 3 is 3.36 bits per heavy atom. The number of methoxy groups -OCH3 is 1. The van der Waals surface area contributed by atoms with Gasteiger partial charge in [0.05, 0.1) is 11.6 Å². The molecule has 2 atom stereocenters. The molecule has 14 heavy (non-hydrogen) atoms. The summed E-state index contributed by atoms with van der Waals surface area (Å²) < 4.78 is 4.97. The Labute approximate surface area is 88.5 Å². The van der Waals surface area contributed by atoms with Crippen molar-refractivity contribution >= 4 is 11.3 Å². The molecule has 1 heterocycles. The lowest BCUT2D eigenvalue weighted by molar-refractivity contribution is 0.199. The predicted molar refractivity (Wildman–Crippen MR) is 57.7 cm³/mol. The van der Waals surface area contributed by atoms with Gasteiger partial charge in [0.2, 0.25) is 0 Å². The van der Waals surface area contributed by atoms with Crippen molar-refractivity contribution in [3.8, 4) is 0 Å². The Hall–Kier alpha value is -0.450. The van der Waals surface area contributed by atoms with Gasteiger partial charge < -0.3 is 10.1 Å². The summed E-state index contributed by atoms with van der Waals surface area (Å²) in [6, 6.07) is 0. The third kappa shape index (κ3) is 2.53. The minimum Gasteiger partial charge on any atom is -0.383 e. The Balaban J connectivity index is 1.63. The number of rotatable bonds is 6. The molecule has 1 aromatic rings. The van der Waals surface area contributed by atoms with E-state index in [1.165, 1.54) is 11.4 Å². The van der Waals surface area contributed by atoms with Gasteiger partial charge in [0.15, 0.2) is 0 Å². The number of nitrogens with zero attached hydrogens (tertiary/aromatic N) is 1. The van der Waals surface area contributed by atoms with E-state index in [2.05, 4.69) is 15.7 Å². The fourth-order valence-corrected chi connectivity index (χ4v) is 2.50. The van der Waals surface area contributed by atoms with Crippen molar-refractivity contribution < 1.29 is 4.74 Å². The average molecular weight is 212 g/mol. The van der Waals surface area contributed by atoms with Crippen molar-refractivity contribution in [1.29, 1.82) is 0 Å². The number of hydrogen-bond donors (Lipinski definition) is 1. The second-order valence-corrected chi connectivity index (χ2v) is 4.60. The number of nitrogens with one attached hydrogen (secondary N) is 1. The first kappa shape index (κ1) is 10.1. The molecule has 0 amide bonds. The first-order chi connectivity index (χ1) is 6.92. The second-order valence-electron chi connectivity index (χ2n) is 3.67. The first-order valence-electron chi connectivity index (χ1n) is 5.01. The van der Waals surface area contributed by atoms with E-state index in [0.29, 0.717) is 0 Å². The Morgan fingerprint density at radius 2 is 2.64 bits per heavy atom. The number of thiazole rings is 1. The molecular weight excluding hydrogens is 196 g/mol. The van der Waals surface area contributed by atoms with E-state index in [0.717, 1.165) is 31.5 Å². The quantitative estimate of drug-likeness (QED) is 0.725. The van der Waals surface area contributed by atoms with Gasteiger partial charge in [-0.1, -0.05) is 0 Å².